The fraction of sp³-hybridized carbons (Fsp3) is 0.360. The molecule has 1 aromatic heterocycles. The van der Waals surface area contributed by atoms with Crippen LogP contribution in [0.1, 0.15) is 13.3 Å². The zero-order valence-corrected chi connectivity index (χ0v) is 20.2. The van der Waals surface area contributed by atoms with Crippen LogP contribution in [0.5, 0.6) is 0 Å². The van der Waals surface area contributed by atoms with E-state index in [0.29, 0.717) is 44.4 Å². The summed E-state index contributed by atoms with van der Waals surface area (Å²) in [5.74, 6) is 1.16. The van der Waals surface area contributed by atoms with Crippen molar-refractivity contribution in [2.24, 2.45) is 0 Å². The number of benzene rings is 2. The molecular formula is C25H30N6O2S. The SMILES string of the molecule is CCCNC(=O)CN1CCN(C(=O)CSc2nnc(-c3ccccc3)n2-c2ccccc2)CC1. The lowest BCUT2D eigenvalue weighted by atomic mass is 10.2. The molecule has 1 aliphatic heterocycles. The van der Waals surface area contributed by atoms with Gasteiger partial charge in [0, 0.05) is 44.0 Å². The van der Waals surface area contributed by atoms with Crippen molar-refractivity contribution in [2.75, 3.05) is 45.0 Å². The van der Waals surface area contributed by atoms with E-state index in [2.05, 4.69) is 20.4 Å². The van der Waals surface area contributed by atoms with Crippen molar-refractivity contribution in [3.8, 4) is 17.1 Å². The minimum absolute atomic E-state index is 0.0478. The largest absolute Gasteiger partial charge is 0.355 e. The topological polar surface area (TPSA) is 83.4 Å². The average molecular weight is 479 g/mol. The van der Waals surface area contributed by atoms with Crippen molar-refractivity contribution < 1.29 is 9.59 Å². The van der Waals surface area contributed by atoms with Crippen LogP contribution < -0.4 is 5.32 Å². The molecule has 2 aromatic carbocycles. The maximum atomic E-state index is 12.9. The van der Waals surface area contributed by atoms with Crippen molar-refractivity contribution >= 4 is 23.6 Å². The predicted octanol–water partition coefficient (Wildman–Crippen LogP) is 2.70. The quantitative estimate of drug-likeness (QED) is 0.476. The number of amides is 2. The van der Waals surface area contributed by atoms with Crippen LogP contribution in [0.25, 0.3) is 17.1 Å². The second-order valence-electron chi connectivity index (χ2n) is 8.14. The number of piperazine rings is 1. The molecule has 1 N–H and O–H groups in total. The first-order valence-corrected chi connectivity index (χ1v) is 12.6. The summed E-state index contributed by atoms with van der Waals surface area (Å²) >= 11 is 1.40. The van der Waals surface area contributed by atoms with E-state index in [4.69, 9.17) is 0 Å². The molecule has 1 aliphatic rings. The molecule has 178 valence electrons. The molecule has 1 fully saturated rings. The van der Waals surface area contributed by atoms with Gasteiger partial charge >= 0.3 is 0 Å². The molecule has 0 unspecified atom stereocenters. The van der Waals surface area contributed by atoms with Gasteiger partial charge in [-0.2, -0.15) is 0 Å². The number of para-hydroxylation sites is 1. The Kier molecular flexibility index (Phi) is 8.32. The third kappa shape index (κ3) is 6.03. The molecule has 0 aliphatic carbocycles. The van der Waals surface area contributed by atoms with E-state index >= 15 is 0 Å². The van der Waals surface area contributed by atoms with Gasteiger partial charge < -0.3 is 10.2 Å². The molecule has 4 rings (SSSR count). The first kappa shape index (κ1) is 24.0. The molecule has 34 heavy (non-hydrogen) atoms. The summed E-state index contributed by atoms with van der Waals surface area (Å²) in [5.41, 5.74) is 1.92. The maximum absolute atomic E-state index is 12.9. The molecule has 2 heterocycles. The number of hydrogen-bond acceptors (Lipinski definition) is 6. The highest BCUT2D eigenvalue weighted by molar-refractivity contribution is 7.99. The van der Waals surface area contributed by atoms with Crippen LogP contribution in [0.3, 0.4) is 0 Å². The fourth-order valence-electron chi connectivity index (χ4n) is 3.84. The molecule has 8 nitrogen and oxygen atoms in total. The van der Waals surface area contributed by atoms with Gasteiger partial charge in [0.05, 0.1) is 12.3 Å². The van der Waals surface area contributed by atoms with Gasteiger partial charge in [-0.3, -0.25) is 19.1 Å². The van der Waals surface area contributed by atoms with Gasteiger partial charge in [0.1, 0.15) is 0 Å². The smallest absolute Gasteiger partial charge is 0.234 e. The van der Waals surface area contributed by atoms with Crippen molar-refractivity contribution in [2.45, 2.75) is 18.5 Å². The highest BCUT2D eigenvalue weighted by Gasteiger charge is 2.24. The van der Waals surface area contributed by atoms with E-state index in [1.807, 2.05) is 77.1 Å². The first-order valence-electron chi connectivity index (χ1n) is 11.6. The second-order valence-corrected chi connectivity index (χ2v) is 9.08. The third-order valence-corrected chi connectivity index (χ3v) is 6.58. The number of aromatic nitrogens is 3. The van der Waals surface area contributed by atoms with Gasteiger partial charge in [-0.25, -0.2) is 0 Å². The van der Waals surface area contributed by atoms with Gasteiger partial charge in [-0.1, -0.05) is 67.2 Å². The Morgan fingerprint density at radius 2 is 1.62 bits per heavy atom. The summed E-state index contributed by atoms with van der Waals surface area (Å²) in [5, 5.41) is 12.4. The van der Waals surface area contributed by atoms with Crippen LogP contribution >= 0.6 is 11.8 Å². The third-order valence-electron chi connectivity index (χ3n) is 5.67. The zero-order valence-electron chi connectivity index (χ0n) is 19.4. The lowest BCUT2D eigenvalue weighted by molar-refractivity contribution is -0.130. The normalized spacial score (nSPS) is 14.2. The minimum atomic E-state index is 0.0478. The average Bonchev–Trinajstić information content (AvgIpc) is 3.31. The highest BCUT2D eigenvalue weighted by Crippen LogP contribution is 2.28. The van der Waals surface area contributed by atoms with Gasteiger partial charge in [-0.15, -0.1) is 10.2 Å². The fourth-order valence-corrected chi connectivity index (χ4v) is 4.70. The van der Waals surface area contributed by atoms with Crippen LogP contribution in [0, 0.1) is 0 Å². The van der Waals surface area contributed by atoms with Crippen molar-refractivity contribution in [3.05, 3.63) is 60.7 Å². The van der Waals surface area contributed by atoms with E-state index in [1.54, 1.807) is 0 Å². The van der Waals surface area contributed by atoms with E-state index in [0.717, 1.165) is 23.5 Å². The van der Waals surface area contributed by atoms with E-state index in [1.165, 1.54) is 11.8 Å². The molecule has 0 atom stereocenters. The summed E-state index contributed by atoms with van der Waals surface area (Å²) in [6, 6.07) is 19.9. The molecule has 1 saturated heterocycles. The Bertz CT molecular complexity index is 1080. The molecule has 0 saturated carbocycles. The van der Waals surface area contributed by atoms with Gasteiger partial charge in [0.15, 0.2) is 11.0 Å². The maximum Gasteiger partial charge on any atom is 0.234 e. The van der Waals surface area contributed by atoms with E-state index in [-0.39, 0.29) is 17.6 Å². The number of hydrogen-bond donors (Lipinski definition) is 1. The number of nitrogens with one attached hydrogen (secondary N) is 1. The molecule has 2 amide bonds. The summed E-state index contributed by atoms with van der Waals surface area (Å²) in [6.45, 7) is 5.78. The molecular weight excluding hydrogens is 448 g/mol. The van der Waals surface area contributed by atoms with Crippen LogP contribution in [0.2, 0.25) is 0 Å². The molecule has 0 spiro atoms. The molecule has 0 radical (unpaired) electrons. The predicted molar refractivity (Wildman–Crippen MR) is 134 cm³/mol. The van der Waals surface area contributed by atoms with Crippen molar-refractivity contribution in [3.63, 3.8) is 0 Å². The second kappa shape index (κ2) is 11.8. The van der Waals surface area contributed by atoms with Crippen LogP contribution in [0.4, 0.5) is 0 Å². The van der Waals surface area contributed by atoms with Crippen molar-refractivity contribution in [1.82, 2.24) is 29.9 Å². The van der Waals surface area contributed by atoms with Crippen LogP contribution in [-0.2, 0) is 9.59 Å². The Hall–Kier alpha value is -3.17. The summed E-state index contributed by atoms with van der Waals surface area (Å²) in [7, 11) is 0. The lowest BCUT2D eigenvalue weighted by Gasteiger charge is -2.34. The molecule has 3 aromatic rings. The summed E-state index contributed by atoms with van der Waals surface area (Å²) < 4.78 is 2.00. The standard InChI is InChI=1S/C25H30N6O2S/c1-2-13-26-22(32)18-29-14-16-30(17-15-29)23(33)19-34-25-28-27-24(20-9-5-3-6-10-20)31(25)21-11-7-4-8-12-21/h3-12H,2,13-19H2,1H3,(H,26,32). The van der Waals surface area contributed by atoms with Gasteiger partial charge in [0.25, 0.3) is 0 Å². The van der Waals surface area contributed by atoms with Gasteiger partial charge in [-0.05, 0) is 18.6 Å². The zero-order chi connectivity index (χ0) is 23.8. The van der Waals surface area contributed by atoms with Crippen molar-refractivity contribution in [1.29, 1.82) is 0 Å². The number of carbonyl (C=O) groups excluding carboxylic acids is 2. The number of carbonyl (C=O) groups is 2. The Balaban J connectivity index is 1.38. The number of thioether (sulfide) groups is 1. The highest BCUT2D eigenvalue weighted by atomic mass is 32.2. The summed E-state index contributed by atoms with van der Waals surface area (Å²) in [6.07, 6.45) is 0.927. The first-order chi connectivity index (χ1) is 16.7. The van der Waals surface area contributed by atoms with E-state index in [9.17, 15) is 9.59 Å². The molecule has 0 bridgehead atoms. The van der Waals surface area contributed by atoms with Gasteiger partial charge in [0.2, 0.25) is 11.8 Å². The lowest BCUT2D eigenvalue weighted by Crippen LogP contribution is -2.51. The molecule has 9 heteroatoms. The Morgan fingerprint density at radius 3 is 2.29 bits per heavy atom. The summed E-state index contributed by atoms with van der Waals surface area (Å²) in [4.78, 5) is 28.8. The number of nitrogens with zero attached hydrogens (tertiary/aromatic N) is 5. The van der Waals surface area contributed by atoms with E-state index < -0.39 is 0 Å². The van der Waals surface area contributed by atoms with Crippen LogP contribution in [-0.4, -0.2) is 81.4 Å². The Morgan fingerprint density at radius 1 is 0.941 bits per heavy atom. The Labute approximate surface area is 204 Å². The monoisotopic (exact) mass is 478 g/mol. The van der Waals surface area contributed by atoms with Crippen LogP contribution in [0.15, 0.2) is 65.8 Å². The minimum Gasteiger partial charge on any atom is -0.355 e. The number of rotatable bonds is 9.